The molecule has 0 spiro atoms. The van der Waals surface area contributed by atoms with Crippen LogP contribution in [0, 0.1) is 11.3 Å². The number of hydrogen-bond acceptors (Lipinski definition) is 5. The van der Waals surface area contributed by atoms with Crippen LogP contribution in [-0.2, 0) is 18.6 Å². The first-order valence-corrected chi connectivity index (χ1v) is 7.86. The van der Waals surface area contributed by atoms with E-state index in [1.807, 2.05) is 0 Å². The Balaban J connectivity index is 1.67. The first kappa shape index (κ1) is 13.2. The molecule has 5 heteroatoms. The molecular weight excluding hydrogens is 270 g/mol. The molecule has 0 aliphatic heterocycles. The van der Waals surface area contributed by atoms with Crippen molar-refractivity contribution in [1.82, 2.24) is 10.1 Å². The highest BCUT2D eigenvalue weighted by Gasteiger charge is 2.23. The maximum absolute atomic E-state index is 8.51. The Kier molecular flexibility index (Phi) is 4.03. The summed E-state index contributed by atoms with van der Waals surface area (Å²) in [4.78, 5) is 4.47. The number of rotatable bonds is 4. The minimum absolute atomic E-state index is 0.350. The van der Waals surface area contributed by atoms with Crippen LogP contribution in [0.1, 0.15) is 35.2 Å². The average molecular weight is 285 g/mol. The van der Waals surface area contributed by atoms with E-state index in [2.05, 4.69) is 40.5 Å². The highest BCUT2D eigenvalue weighted by atomic mass is 32.2. The Hall–Kier alpha value is -1.80. The summed E-state index contributed by atoms with van der Waals surface area (Å²) in [5.41, 5.74) is 2.84. The predicted molar refractivity (Wildman–Crippen MR) is 77.3 cm³/mol. The molecule has 3 rings (SSSR count). The Labute approximate surface area is 122 Å². The summed E-state index contributed by atoms with van der Waals surface area (Å²) in [5.74, 6) is 2.85. The number of fused-ring (bicyclic) bond motifs is 1. The SMILES string of the molecule is N#CCSCc1nc(C2CCc3ccccc3C2)no1. The zero-order valence-electron chi connectivity index (χ0n) is 11.1. The Morgan fingerprint density at radius 3 is 3.05 bits per heavy atom. The van der Waals surface area contributed by atoms with E-state index in [1.54, 1.807) is 0 Å². The summed E-state index contributed by atoms with van der Waals surface area (Å²) in [6.45, 7) is 0. The van der Waals surface area contributed by atoms with Gasteiger partial charge in [0.15, 0.2) is 5.82 Å². The van der Waals surface area contributed by atoms with E-state index in [0.29, 0.717) is 23.3 Å². The summed E-state index contributed by atoms with van der Waals surface area (Å²) < 4.78 is 5.26. The van der Waals surface area contributed by atoms with E-state index in [-0.39, 0.29) is 0 Å². The third-order valence-electron chi connectivity index (χ3n) is 3.59. The van der Waals surface area contributed by atoms with Gasteiger partial charge in [-0.2, -0.15) is 10.2 Å². The summed E-state index contributed by atoms with van der Waals surface area (Å²) in [7, 11) is 0. The molecule has 0 fully saturated rings. The summed E-state index contributed by atoms with van der Waals surface area (Å²) in [6, 6.07) is 10.7. The second-order valence-corrected chi connectivity index (χ2v) is 5.89. The average Bonchev–Trinajstić information content (AvgIpc) is 2.96. The van der Waals surface area contributed by atoms with Gasteiger partial charge in [0, 0.05) is 5.92 Å². The molecule has 0 saturated carbocycles. The third-order valence-corrected chi connectivity index (χ3v) is 4.37. The van der Waals surface area contributed by atoms with Crippen molar-refractivity contribution < 1.29 is 4.52 Å². The summed E-state index contributed by atoms with van der Waals surface area (Å²) in [5, 5.41) is 12.6. The van der Waals surface area contributed by atoms with Gasteiger partial charge in [0.05, 0.1) is 17.6 Å². The lowest BCUT2D eigenvalue weighted by Crippen LogP contribution is -2.13. The third kappa shape index (κ3) is 2.86. The van der Waals surface area contributed by atoms with Gasteiger partial charge in [0.1, 0.15) is 0 Å². The Morgan fingerprint density at radius 2 is 2.20 bits per heavy atom. The molecule has 2 aromatic rings. The van der Waals surface area contributed by atoms with Gasteiger partial charge in [-0.25, -0.2) is 0 Å². The number of aromatic nitrogens is 2. The van der Waals surface area contributed by atoms with Crippen LogP contribution in [0.5, 0.6) is 0 Å². The van der Waals surface area contributed by atoms with Crippen LogP contribution in [0.15, 0.2) is 28.8 Å². The molecule has 0 radical (unpaired) electrons. The minimum atomic E-state index is 0.350. The molecule has 0 amide bonds. The van der Waals surface area contributed by atoms with Crippen molar-refractivity contribution in [2.24, 2.45) is 0 Å². The predicted octanol–water partition coefficient (Wildman–Crippen LogP) is 3.10. The quantitative estimate of drug-likeness (QED) is 0.808. The van der Waals surface area contributed by atoms with Gasteiger partial charge in [-0.1, -0.05) is 29.4 Å². The topological polar surface area (TPSA) is 62.7 Å². The zero-order chi connectivity index (χ0) is 13.8. The van der Waals surface area contributed by atoms with Crippen molar-refractivity contribution in [3.8, 4) is 6.07 Å². The van der Waals surface area contributed by atoms with Crippen LogP contribution in [0.4, 0.5) is 0 Å². The van der Waals surface area contributed by atoms with E-state index < -0.39 is 0 Å². The number of thioether (sulfide) groups is 1. The van der Waals surface area contributed by atoms with Crippen LogP contribution in [0.2, 0.25) is 0 Å². The van der Waals surface area contributed by atoms with E-state index in [4.69, 9.17) is 9.78 Å². The first-order chi connectivity index (χ1) is 9.86. The van der Waals surface area contributed by atoms with Crippen LogP contribution in [0.3, 0.4) is 0 Å². The molecular formula is C15H15N3OS. The molecule has 0 saturated heterocycles. The molecule has 20 heavy (non-hydrogen) atoms. The molecule has 0 N–H and O–H groups in total. The van der Waals surface area contributed by atoms with Crippen molar-refractivity contribution >= 4 is 11.8 Å². The molecule has 1 aromatic heterocycles. The second kappa shape index (κ2) is 6.10. The Bertz CT molecular complexity index is 632. The smallest absolute Gasteiger partial charge is 0.236 e. The van der Waals surface area contributed by atoms with Crippen molar-refractivity contribution in [3.63, 3.8) is 0 Å². The fourth-order valence-corrected chi connectivity index (χ4v) is 3.08. The highest BCUT2D eigenvalue weighted by molar-refractivity contribution is 7.98. The van der Waals surface area contributed by atoms with E-state index in [1.165, 1.54) is 22.9 Å². The molecule has 102 valence electrons. The van der Waals surface area contributed by atoms with Gasteiger partial charge in [-0.3, -0.25) is 0 Å². The molecule has 1 aliphatic rings. The summed E-state index contributed by atoms with van der Waals surface area (Å²) in [6.07, 6.45) is 3.13. The van der Waals surface area contributed by atoms with Gasteiger partial charge in [0.2, 0.25) is 5.89 Å². The van der Waals surface area contributed by atoms with Gasteiger partial charge in [0.25, 0.3) is 0 Å². The van der Waals surface area contributed by atoms with E-state index in [0.717, 1.165) is 25.1 Å². The van der Waals surface area contributed by atoms with Crippen molar-refractivity contribution in [1.29, 1.82) is 5.26 Å². The van der Waals surface area contributed by atoms with Crippen molar-refractivity contribution in [3.05, 3.63) is 47.1 Å². The highest BCUT2D eigenvalue weighted by Crippen LogP contribution is 2.31. The van der Waals surface area contributed by atoms with Gasteiger partial charge in [-0.15, -0.1) is 11.8 Å². The monoisotopic (exact) mass is 285 g/mol. The number of nitrogens with zero attached hydrogens (tertiary/aromatic N) is 3. The van der Waals surface area contributed by atoms with Crippen LogP contribution < -0.4 is 0 Å². The van der Waals surface area contributed by atoms with Gasteiger partial charge >= 0.3 is 0 Å². The number of hydrogen-bond donors (Lipinski definition) is 0. The molecule has 1 heterocycles. The number of aryl methyl sites for hydroxylation is 1. The Morgan fingerprint density at radius 1 is 1.35 bits per heavy atom. The maximum Gasteiger partial charge on any atom is 0.236 e. The summed E-state index contributed by atoms with van der Waals surface area (Å²) >= 11 is 1.50. The largest absolute Gasteiger partial charge is 0.338 e. The first-order valence-electron chi connectivity index (χ1n) is 6.71. The van der Waals surface area contributed by atoms with E-state index >= 15 is 0 Å². The van der Waals surface area contributed by atoms with Gasteiger partial charge < -0.3 is 4.52 Å². The minimum Gasteiger partial charge on any atom is -0.338 e. The van der Waals surface area contributed by atoms with Gasteiger partial charge in [-0.05, 0) is 30.4 Å². The lowest BCUT2D eigenvalue weighted by atomic mass is 9.83. The van der Waals surface area contributed by atoms with Crippen LogP contribution >= 0.6 is 11.8 Å². The van der Waals surface area contributed by atoms with E-state index in [9.17, 15) is 0 Å². The fourth-order valence-electron chi connectivity index (χ4n) is 2.59. The van der Waals surface area contributed by atoms with Crippen LogP contribution in [-0.4, -0.2) is 15.9 Å². The number of benzene rings is 1. The molecule has 4 nitrogen and oxygen atoms in total. The molecule has 1 aliphatic carbocycles. The molecule has 1 unspecified atom stereocenters. The fraction of sp³-hybridized carbons (Fsp3) is 0.400. The standard InChI is InChI=1S/C15H15N3OS/c16-7-8-20-10-14-17-15(18-19-14)13-6-5-11-3-1-2-4-12(11)9-13/h1-4,13H,5-6,8-10H2. The second-order valence-electron chi connectivity index (χ2n) is 4.91. The molecule has 0 bridgehead atoms. The molecule has 1 aromatic carbocycles. The normalized spacial score (nSPS) is 17.4. The maximum atomic E-state index is 8.51. The number of nitriles is 1. The van der Waals surface area contributed by atoms with Crippen LogP contribution in [0.25, 0.3) is 0 Å². The van der Waals surface area contributed by atoms with Crippen molar-refractivity contribution in [2.75, 3.05) is 5.75 Å². The lowest BCUT2D eigenvalue weighted by molar-refractivity contribution is 0.377. The lowest BCUT2D eigenvalue weighted by Gasteiger charge is -2.21. The van der Waals surface area contributed by atoms with Crippen molar-refractivity contribution in [2.45, 2.75) is 30.9 Å². The zero-order valence-corrected chi connectivity index (χ0v) is 11.9. The molecule has 1 atom stereocenters.